The van der Waals surface area contributed by atoms with E-state index in [-0.39, 0.29) is 18.3 Å². The molecular formula is C18H16ClN5O. The summed E-state index contributed by atoms with van der Waals surface area (Å²) < 4.78 is 8.17. The van der Waals surface area contributed by atoms with Crippen molar-refractivity contribution in [3.05, 3.63) is 71.0 Å². The standard InChI is InChI=1S/C18H16ClN5O/c1-11-9-25-18-13-8-12(19)5-6-15(13)23-10-21-22-17(23)16(24(11)18)14-4-2-3-7-20-14/h2-8,10-11,16,18H,9H2,1H3. The number of fused-ring (bicyclic) bond motifs is 5. The molecule has 2 aliphatic rings. The molecule has 2 aromatic heterocycles. The molecule has 0 saturated carbocycles. The first kappa shape index (κ1) is 15.0. The lowest BCUT2D eigenvalue weighted by Gasteiger charge is -2.31. The average molecular weight is 354 g/mol. The van der Waals surface area contributed by atoms with Crippen LogP contribution in [0.25, 0.3) is 5.69 Å². The summed E-state index contributed by atoms with van der Waals surface area (Å²) in [4.78, 5) is 6.90. The highest BCUT2D eigenvalue weighted by Gasteiger charge is 2.45. The first-order valence-corrected chi connectivity index (χ1v) is 8.61. The van der Waals surface area contributed by atoms with Gasteiger partial charge in [0, 0.05) is 22.8 Å². The van der Waals surface area contributed by atoms with Crippen molar-refractivity contribution in [2.75, 3.05) is 6.61 Å². The molecule has 0 spiro atoms. The third kappa shape index (κ3) is 2.22. The van der Waals surface area contributed by atoms with Gasteiger partial charge in [-0.15, -0.1) is 10.2 Å². The molecule has 3 aromatic rings. The van der Waals surface area contributed by atoms with E-state index in [1.807, 2.05) is 47.2 Å². The molecule has 4 heterocycles. The fourth-order valence-electron chi connectivity index (χ4n) is 3.79. The van der Waals surface area contributed by atoms with Crippen molar-refractivity contribution in [1.29, 1.82) is 0 Å². The van der Waals surface area contributed by atoms with Crippen molar-refractivity contribution in [3.63, 3.8) is 0 Å². The van der Waals surface area contributed by atoms with Gasteiger partial charge < -0.3 is 4.74 Å². The van der Waals surface area contributed by atoms with Gasteiger partial charge in [-0.3, -0.25) is 14.5 Å². The number of hydrogen-bond donors (Lipinski definition) is 0. The second-order valence-electron chi connectivity index (χ2n) is 6.40. The van der Waals surface area contributed by atoms with Crippen LogP contribution >= 0.6 is 11.6 Å². The zero-order valence-electron chi connectivity index (χ0n) is 13.6. The zero-order chi connectivity index (χ0) is 17.0. The lowest BCUT2D eigenvalue weighted by Crippen LogP contribution is -2.35. The minimum atomic E-state index is -0.197. The van der Waals surface area contributed by atoms with Gasteiger partial charge in [0.15, 0.2) is 5.82 Å². The third-order valence-corrected chi connectivity index (χ3v) is 5.11. The third-order valence-electron chi connectivity index (χ3n) is 4.87. The van der Waals surface area contributed by atoms with E-state index in [1.165, 1.54) is 0 Å². The number of nitrogens with zero attached hydrogens (tertiary/aromatic N) is 5. The molecule has 0 aliphatic carbocycles. The maximum absolute atomic E-state index is 6.28. The highest BCUT2D eigenvalue weighted by atomic mass is 35.5. The number of pyridine rings is 1. The summed E-state index contributed by atoms with van der Waals surface area (Å²) in [6.07, 6.45) is 3.35. The molecule has 1 fully saturated rings. The van der Waals surface area contributed by atoms with Crippen LogP contribution in [-0.4, -0.2) is 37.3 Å². The van der Waals surface area contributed by atoms with Crippen LogP contribution in [0.15, 0.2) is 48.9 Å². The Morgan fingerprint density at radius 1 is 1.24 bits per heavy atom. The second-order valence-corrected chi connectivity index (χ2v) is 6.84. The Morgan fingerprint density at radius 3 is 3.00 bits per heavy atom. The number of aromatic nitrogens is 4. The maximum atomic E-state index is 6.28. The van der Waals surface area contributed by atoms with E-state index in [1.54, 1.807) is 6.33 Å². The van der Waals surface area contributed by atoms with Gasteiger partial charge in [0.05, 0.1) is 18.0 Å². The number of halogens is 1. The Kier molecular flexibility index (Phi) is 3.38. The summed E-state index contributed by atoms with van der Waals surface area (Å²) in [5.41, 5.74) is 2.95. The van der Waals surface area contributed by atoms with Crippen LogP contribution < -0.4 is 0 Å². The van der Waals surface area contributed by atoms with Gasteiger partial charge in [0.25, 0.3) is 0 Å². The van der Waals surface area contributed by atoms with Gasteiger partial charge in [-0.25, -0.2) is 0 Å². The molecule has 1 saturated heterocycles. The number of hydrogen-bond acceptors (Lipinski definition) is 5. The summed E-state index contributed by atoms with van der Waals surface area (Å²) in [6, 6.07) is 11.9. The Labute approximate surface area is 150 Å². The maximum Gasteiger partial charge on any atom is 0.161 e. The largest absolute Gasteiger partial charge is 0.357 e. The minimum Gasteiger partial charge on any atom is -0.357 e. The Morgan fingerprint density at radius 2 is 2.16 bits per heavy atom. The van der Waals surface area contributed by atoms with Gasteiger partial charge in [-0.2, -0.15) is 0 Å². The number of ether oxygens (including phenoxy) is 1. The van der Waals surface area contributed by atoms with Crippen LogP contribution in [0.2, 0.25) is 5.02 Å². The van der Waals surface area contributed by atoms with Crippen molar-refractivity contribution in [3.8, 4) is 5.69 Å². The van der Waals surface area contributed by atoms with Crippen molar-refractivity contribution in [1.82, 2.24) is 24.6 Å². The minimum absolute atomic E-state index is 0.141. The first-order valence-electron chi connectivity index (χ1n) is 8.24. The number of benzene rings is 1. The summed E-state index contributed by atoms with van der Waals surface area (Å²) in [6.45, 7) is 2.81. The molecule has 1 aromatic carbocycles. The SMILES string of the molecule is CC1COC2c3cc(Cl)ccc3-n3cnnc3C(c3ccccn3)N12. The van der Waals surface area contributed by atoms with Crippen molar-refractivity contribution in [2.24, 2.45) is 0 Å². The molecule has 6 nitrogen and oxygen atoms in total. The predicted molar refractivity (Wildman–Crippen MR) is 92.4 cm³/mol. The Hall–Kier alpha value is -2.28. The van der Waals surface area contributed by atoms with E-state index in [0.29, 0.717) is 11.6 Å². The fraction of sp³-hybridized carbons (Fsp3) is 0.278. The van der Waals surface area contributed by atoms with Gasteiger partial charge in [-0.1, -0.05) is 17.7 Å². The summed E-state index contributed by atoms with van der Waals surface area (Å²) in [5.74, 6) is 0.835. The van der Waals surface area contributed by atoms with E-state index < -0.39 is 0 Å². The van der Waals surface area contributed by atoms with Gasteiger partial charge in [-0.05, 0) is 37.3 Å². The summed E-state index contributed by atoms with van der Waals surface area (Å²) in [7, 11) is 0. The highest BCUT2D eigenvalue weighted by Crippen LogP contribution is 2.45. The summed E-state index contributed by atoms with van der Waals surface area (Å²) >= 11 is 6.28. The number of rotatable bonds is 1. The quantitative estimate of drug-likeness (QED) is 0.672. The van der Waals surface area contributed by atoms with Crippen LogP contribution in [0.3, 0.4) is 0 Å². The summed E-state index contributed by atoms with van der Waals surface area (Å²) in [5, 5.41) is 9.29. The van der Waals surface area contributed by atoms with Gasteiger partial charge >= 0.3 is 0 Å². The molecule has 0 bridgehead atoms. The van der Waals surface area contributed by atoms with E-state index in [9.17, 15) is 0 Å². The second kappa shape index (κ2) is 5.62. The smallest absolute Gasteiger partial charge is 0.161 e. The van der Waals surface area contributed by atoms with Crippen molar-refractivity contribution < 1.29 is 4.74 Å². The van der Waals surface area contributed by atoms with Crippen LogP contribution in [0.5, 0.6) is 0 Å². The highest BCUT2D eigenvalue weighted by molar-refractivity contribution is 6.30. The van der Waals surface area contributed by atoms with Crippen molar-refractivity contribution >= 4 is 11.6 Å². The molecule has 5 rings (SSSR count). The lowest BCUT2D eigenvalue weighted by molar-refractivity contribution is 0.0137. The molecular weight excluding hydrogens is 338 g/mol. The van der Waals surface area contributed by atoms with Crippen molar-refractivity contribution in [2.45, 2.75) is 25.2 Å². The predicted octanol–water partition coefficient (Wildman–Crippen LogP) is 3.14. The Bertz CT molecular complexity index is 928. The molecule has 0 amide bonds. The molecule has 7 heteroatoms. The average Bonchev–Trinajstić information content (AvgIpc) is 3.22. The van der Waals surface area contributed by atoms with Gasteiger partial charge in [0.2, 0.25) is 0 Å². The molecule has 0 N–H and O–H groups in total. The Balaban J connectivity index is 1.80. The first-order chi connectivity index (χ1) is 12.2. The van der Waals surface area contributed by atoms with Crippen LogP contribution in [0, 0.1) is 0 Å². The van der Waals surface area contributed by atoms with E-state index >= 15 is 0 Å². The molecule has 25 heavy (non-hydrogen) atoms. The van der Waals surface area contributed by atoms with Crippen LogP contribution in [-0.2, 0) is 4.74 Å². The molecule has 3 atom stereocenters. The van der Waals surface area contributed by atoms with Crippen LogP contribution in [0.4, 0.5) is 0 Å². The molecule has 126 valence electrons. The van der Waals surface area contributed by atoms with E-state index in [4.69, 9.17) is 16.3 Å². The monoisotopic (exact) mass is 353 g/mol. The molecule has 0 radical (unpaired) electrons. The normalized spacial score (nSPS) is 25.1. The zero-order valence-corrected chi connectivity index (χ0v) is 14.3. The topological polar surface area (TPSA) is 56.1 Å². The fourth-order valence-corrected chi connectivity index (χ4v) is 3.97. The van der Waals surface area contributed by atoms with E-state index in [2.05, 4.69) is 27.0 Å². The van der Waals surface area contributed by atoms with Crippen LogP contribution in [0.1, 0.15) is 36.3 Å². The van der Waals surface area contributed by atoms with Gasteiger partial charge in [0.1, 0.15) is 18.6 Å². The van der Waals surface area contributed by atoms with E-state index in [0.717, 1.165) is 22.8 Å². The molecule has 2 aliphatic heterocycles. The molecule has 3 unspecified atom stereocenters. The lowest BCUT2D eigenvalue weighted by atomic mass is 10.1.